The standard InChI is InChI=1S/C10H20O2/c1-3-4-5-10-9(11)7-6-8(2)12-10/h8-11H,3-7H2,1-2H3/t8-,9-,10+/m1/s1. The summed E-state index contributed by atoms with van der Waals surface area (Å²) >= 11 is 0. The van der Waals surface area contributed by atoms with E-state index in [0.717, 1.165) is 25.7 Å². The maximum absolute atomic E-state index is 9.59. The first kappa shape index (κ1) is 10.0. The molecule has 1 saturated heterocycles. The maximum atomic E-state index is 9.59. The fourth-order valence-corrected chi connectivity index (χ4v) is 1.71. The molecule has 0 bridgehead atoms. The van der Waals surface area contributed by atoms with Gasteiger partial charge in [-0.25, -0.2) is 0 Å². The van der Waals surface area contributed by atoms with Crippen molar-refractivity contribution in [1.29, 1.82) is 0 Å². The van der Waals surface area contributed by atoms with Crippen LogP contribution in [0.2, 0.25) is 0 Å². The average Bonchev–Trinajstić information content (AvgIpc) is 2.07. The van der Waals surface area contributed by atoms with Gasteiger partial charge in [-0.1, -0.05) is 19.8 Å². The number of ether oxygens (including phenoxy) is 1. The molecule has 1 N–H and O–H groups in total. The highest BCUT2D eigenvalue weighted by Gasteiger charge is 2.26. The molecule has 3 atom stereocenters. The molecule has 0 unspecified atom stereocenters. The molecule has 2 nitrogen and oxygen atoms in total. The van der Waals surface area contributed by atoms with Crippen LogP contribution in [0.3, 0.4) is 0 Å². The van der Waals surface area contributed by atoms with E-state index in [1.807, 2.05) is 0 Å². The Labute approximate surface area is 74.9 Å². The van der Waals surface area contributed by atoms with Gasteiger partial charge in [0.15, 0.2) is 0 Å². The largest absolute Gasteiger partial charge is 0.390 e. The van der Waals surface area contributed by atoms with Crippen LogP contribution >= 0.6 is 0 Å². The zero-order valence-electron chi connectivity index (χ0n) is 8.12. The quantitative estimate of drug-likeness (QED) is 0.706. The van der Waals surface area contributed by atoms with Gasteiger partial charge in [-0.2, -0.15) is 0 Å². The third-order valence-corrected chi connectivity index (χ3v) is 2.55. The molecule has 0 radical (unpaired) electrons. The first-order valence-electron chi connectivity index (χ1n) is 5.07. The third-order valence-electron chi connectivity index (χ3n) is 2.55. The number of hydrogen-bond donors (Lipinski definition) is 1. The van der Waals surface area contributed by atoms with Crippen LogP contribution in [-0.2, 0) is 4.74 Å². The first-order valence-corrected chi connectivity index (χ1v) is 5.07. The summed E-state index contributed by atoms with van der Waals surface area (Å²) in [5, 5.41) is 9.59. The third kappa shape index (κ3) is 2.76. The summed E-state index contributed by atoms with van der Waals surface area (Å²) in [6, 6.07) is 0. The summed E-state index contributed by atoms with van der Waals surface area (Å²) in [5.74, 6) is 0. The second-order valence-corrected chi connectivity index (χ2v) is 3.77. The first-order chi connectivity index (χ1) is 5.74. The van der Waals surface area contributed by atoms with Gasteiger partial charge in [0.05, 0.1) is 18.3 Å². The Balaban J connectivity index is 2.28. The minimum absolute atomic E-state index is 0.105. The molecule has 0 aromatic heterocycles. The molecule has 0 saturated carbocycles. The predicted octanol–water partition coefficient (Wildman–Crippen LogP) is 2.11. The Hall–Kier alpha value is -0.0800. The molecular formula is C10H20O2. The second-order valence-electron chi connectivity index (χ2n) is 3.77. The summed E-state index contributed by atoms with van der Waals surface area (Å²) in [6.45, 7) is 4.25. The van der Waals surface area contributed by atoms with Crippen molar-refractivity contribution in [3.63, 3.8) is 0 Å². The number of rotatable bonds is 3. The summed E-state index contributed by atoms with van der Waals surface area (Å²) in [7, 11) is 0. The van der Waals surface area contributed by atoms with Crippen molar-refractivity contribution in [3.8, 4) is 0 Å². The van der Waals surface area contributed by atoms with E-state index >= 15 is 0 Å². The second kappa shape index (κ2) is 4.83. The summed E-state index contributed by atoms with van der Waals surface area (Å²) in [5.41, 5.74) is 0. The Morgan fingerprint density at radius 2 is 2.17 bits per heavy atom. The lowest BCUT2D eigenvalue weighted by Gasteiger charge is -2.32. The Morgan fingerprint density at radius 3 is 2.83 bits per heavy atom. The Morgan fingerprint density at radius 1 is 1.42 bits per heavy atom. The van der Waals surface area contributed by atoms with Gasteiger partial charge in [0, 0.05) is 0 Å². The molecule has 0 amide bonds. The molecule has 72 valence electrons. The lowest BCUT2D eigenvalue weighted by Crippen LogP contribution is -2.37. The van der Waals surface area contributed by atoms with Gasteiger partial charge in [0.2, 0.25) is 0 Å². The Bertz CT molecular complexity index is 125. The van der Waals surface area contributed by atoms with Crippen molar-refractivity contribution >= 4 is 0 Å². The van der Waals surface area contributed by atoms with Crippen LogP contribution in [0.1, 0.15) is 46.0 Å². The highest BCUT2D eigenvalue weighted by Crippen LogP contribution is 2.22. The summed E-state index contributed by atoms with van der Waals surface area (Å²) in [6.07, 6.45) is 5.51. The monoisotopic (exact) mass is 172 g/mol. The topological polar surface area (TPSA) is 29.5 Å². The fourth-order valence-electron chi connectivity index (χ4n) is 1.71. The highest BCUT2D eigenvalue weighted by atomic mass is 16.5. The number of hydrogen-bond acceptors (Lipinski definition) is 2. The van der Waals surface area contributed by atoms with E-state index in [-0.39, 0.29) is 12.2 Å². The molecule has 1 aliphatic heterocycles. The predicted molar refractivity (Wildman–Crippen MR) is 49.1 cm³/mol. The van der Waals surface area contributed by atoms with E-state index in [9.17, 15) is 5.11 Å². The maximum Gasteiger partial charge on any atom is 0.0837 e. The van der Waals surface area contributed by atoms with E-state index < -0.39 is 0 Å². The van der Waals surface area contributed by atoms with Gasteiger partial charge in [-0.3, -0.25) is 0 Å². The molecular weight excluding hydrogens is 152 g/mol. The van der Waals surface area contributed by atoms with Gasteiger partial charge in [-0.15, -0.1) is 0 Å². The van der Waals surface area contributed by atoms with Crippen LogP contribution in [-0.4, -0.2) is 23.4 Å². The minimum Gasteiger partial charge on any atom is -0.390 e. The molecule has 0 aromatic carbocycles. The number of aliphatic hydroxyl groups is 1. The van der Waals surface area contributed by atoms with E-state index in [0.29, 0.717) is 6.10 Å². The van der Waals surface area contributed by atoms with Crippen molar-refractivity contribution < 1.29 is 9.84 Å². The van der Waals surface area contributed by atoms with Crippen LogP contribution < -0.4 is 0 Å². The smallest absolute Gasteiger partial charge is 0.0837 e. The van der Waals surface area contributed by atoms with Crippen molar-refractivity contribution in [2.75, 3.05) is 0 Å². The van der Waals surface area contributed by atoms with Gasteiger partial charge >= 0.3 is 0 Å². The van der Waals surface area contributed by atoms with Crippen LogP contribution in [0.5, 0.6) is 0 Å². The molecule has 1 fully saturated rings. The Kier molecular flexibility index (Phi) is 4.02. The fraction of sp³-hybridized carbons (Fsp3) is 1.00. The lowest BCUT2D eigenvalue weighted by molar-refractivity contribution is -0.113. The lowest BCUT2D eigenvalue weighted by atomic mass is 9.98. The molecule has 2 heteroatoms. The molecule has 1 aliphatic rings. The molecule has 0 aliphatic carbocycles. The van der Waals surface area contributed by atoms with Gasteiger partial charge in [-0.05, 0) is 26.2 Å². The molecule has 1 heterocycles. The van der Waals surface area contributed by atoms with Crippen LogP contribution in [0.25, 0.3) is 0 Å². The molecule has 12 heavy (non-hydrogen) atoms. The highest BCUT2D eigenvalue weighted by molar-refractivity contribution is 4.76. The van der Waals surface area contributed by atoms with Gasteiger partial charge < -0.3 is 9.84 Å². The van der Waals surface area contributed by atoms with Crippen molar-refractivity contribution in [2.24, 2.45) is 0 Å². The molecule has 0 aromatic rings. The van der Waals surface area contributed by atoms with E-state index in [2.05, 4.69) is 13.8 Å². The van der Waals surface area contributed by atoms with Gasteiger partial charge in [0.1, 0.15) is 0 Å². The van der Waals surface area contributed by atoms with Crippen LogP contribution in [0.4, 0.5) is 0 Å². The van der Waals surface area contributed by atoms with E-state index in [1.54, 1.807) is 0 Å². The van der Waals surface area contributed by atoms with Crippen LogP contribution in [0, 0.1) is 0 Å². The van der Waals surface area contributed by atoms with Gasteiger partial charge in [0.25, 0.3) is 0 Å². The number of unbranched alkanes of at least 4 members (excludes halogenated alkanes) is 1. The van der Waals surface area contributed by atoms with Crippen LogP contribution in [0.15, 0.2) is 0 Å². The minimum atomic E-state index is -0.215. The molecule has 0 spiro atoms. The van der Waals surface area contributed by atoms with Crippen molar-refractivity contribution in [1.82, 2.24) is 0 Å². The van der Waals surface area contributed by atoms with E-state index in [1.165, 1.54) is 6.42 Å². The van der Waals surface area contributed by atoms with Crippen molar-refractivity contribution in [3.05, 3.63) is 0 Å². The summed E-state index contributed by atoms with van der Waals surface area (Å²) < 4.78 is 5.65. The SMILES string of the molecule is CCCC[C@@H]1O[C@H](C)CC[C@H]1O. The zero-order chi connectivity index (χ0) is 8.97. The molecule has 1 rings (SSSR count). The zero-order valence-corrected chi connectivity index (χ0v) is 8.12. The summed E-state index contributed by atoms with van der Waals surface area (Å²) in [4.78, 5) is 0. The van der Waals surface area contributed by atoms with Crippen molar-refractivity contribution in [2.45, 2.75) is 64.3 Å². The average molecular weight is 172 g/mol. The van der Waals surface area contributed by atoms with E-state index in [4.69, 9.17) is 4.74 Å². The number of aliphatic hydroxyl groups excluding tert-OH is 1. The normalized spacial score (nSPS) is 36.8.